The number of nitrogens with two attached hydrogens (primary N) is 1. The number of halogens is 2. The van der Waals surface area contributed by atoms with Crippen LogP contribution in [0.2, 0.25) is 0 Å². The fraction of sp³-hybridized carbons (Fsp3) is 0.929. The molecule has 126 valence electrons. The minimum atomic E-state index is -0.141. The summed E-state index contributed by atoms with van der Waals surface area (Å²) in [6.45, 7) is 5.83. The summed E-state index contributed by atoms with van der Waals surface area (Å²) in [6, 6.07) is 0.833. The first kappa shape index (κ1) is 20.9. The van der Waals surface area contributed by atoms with Crippen molar-refractivity contribution >= 4 is 30.7 Å². The Morgan fingerprint density at radius 2 is 1.95 bits per heavy atom. The van der Waals surface area contributed by atoms with Crippen molar-refractivity contribution in [2.45, 2.75) is 50.8 Å². The first-order valence-electron chi connectivity index (χ1n) is 7.46. The summed E-state index contributed by atoms with van der Waals surface area (Å²) >= 11 is 0. The van der Waals surface area contributed by atoms with E-state index < -0.39 is 0 Å². The van der Waals surface area contributed by atoms with Gasteiger partial charge in [0.2, 0.25) is 5.91 Å². The quantitative estimate of drug-likeness (QED) is 0.818. The van der Waals surface area contributed by atoms with E-state index in [9.17, 15) is 4.79 Å². The highest BCUT2D eigenvalue weighted by Gasteiger charge is 2.39. The smallest absolute Gasteiger partial charge is 0.225 e. The van der Waals surface area contributed by atoms with E-state index in [2.05, 4.69) is 16.7 Å². The van der Waals surface area contributed by atoms with Gasteiger partial charge < -0.3 is 20.3 Å². The molecule has 2 bridgehead atoms. The topological polar surface area (TPSA) is 58.8 Å². The van der Waals surface area contributed by atoms with Gasteiger partial charge in [-0.2, -0.15) is 0 Å². The molecule has 7 heteroatoms. The Bertz CT molecular complexity index is 317. The van der Waals surface area contributed by atoms with Gasteiger partial charge in [-0.3, -0.25) is 4.79 Å². The number of likely N-dealkylation sites (N-methyl/N-ethyl adjacent to an activating group) is 1. The number of likely N-dealkylation sites (tertiary alicyclic amines) is 1. The lowest BCUT2D eigenvalue weighted by Crippen LogP contribution is -2.45. The van der Waals surface area contributed by atoms with Crippen LogP contribution >= 0.6 is 24.8 Å². The molecular formula is C14H29Cl2N3O2. The number of carbonyl (C=O) groups excluding carboxylic acids is 1. The van der Waals surface area contributed by atoms with Gasteiger partial charge in [0.05, 0.1) is 12.5 Å². The van der Waals surface area contributed by atoms with Gasteiger partial charge in [0.1, 0.15) is 0 Å². The van der Waals surface area contributed by atoms with Crippen LogP contribution in [0.15, 0.2) is 0 Å². The monoisotopic (exact) mass is 341 g/mol. The average Bonchev–Trinajstić information content (AvgIpc) is 2.71. The molecule has 2 heterocycles. The van der Waals surface area contributed by atoms with E-state index in [0.717, 1.165) is 38.9 Å². The first-order chi connectivity index (χ1) is 9.19. The summed E-state index contributed by atoms with van der Waals surface area (Å²) in [5, 5.41) is 0. The van der Waals surface area contributed by atoms with Crippen molar-refractivity contribution in [3.8, 4) is 0 Å². The van der Waals surface area contributed by atoms with Gasteiger partial charge in [0.15, 0.2) is 0 Å². The van der Waals surface area contributed by atoms with Crippen LogP contribution < -0.4 is 5.73 Å². The number of carbonyl (C=O) groups is 1. The van der Waals surface area contributed by atoms with Crippen molar-refractivity contribution in [2.75, 3.05) is 33.3 Å². The maximum Gasteiger partial charge on any atom is 0.225 e. The molecular weight excluding hydrogens is 313 g/mol. The van der Waals surface area contributed by atoms with Crippen LogP contribution in [0.1, 0.15) is 32.6 Å². The lowest BCUT2D eigenvalue weighted by molar-refractivity contribution is -0.136. The summed E-state index contributed by atoms with van der Waals surface area (Å²) in [7, 11) is 1.63. The molecule has 0 radical (unpaired) electrons. The SMILES string of the molecule is CCN1CCC2CCC(C1)N2C(=O)CC(CN)OC.Cl.Cl. The van der Waals surface area contributed by atoms with Crippen molar-refractivity contribution in [1.82, 2.24) is 9.80 Å². The molecule has 2 saturated heterocycles. The third-order valence-electron chi connectivity index (χ3n) is 4.60. The molecule has 2 aliphatic rings. The first-order valence-corrected chi connectivity index (χ1v) is 7.46. The van der Waals surface area contributed by atoms with E-state index in [1.54, 1.807) is 7.11 Å². The fourth-order valence-electron chi connectivity index (χ4n) is 3.40. The van der Waals surface area contributed by atoms with Gasteiger partial charge in [0, 0.05) is 38.8 Å². The third-order valence-corrected chi connectivity index (χ3v) is 4.60. The number of methoxy groups -OCH3 is 1. The van der Waals surface area contributed by atoms with Gasteiger partial charge in [-0.1, -0.05) is 6.92 Å². The maximum absolute atomic E-state index is 12.5. The number of hydrogen-bond acceptors (Lipinski definition) is 4. The Hall–Kier alpha value is -0.0700. The molecule has 0 aromatic rings. The lowest BCUT2D eigenvalue weighted by Gasteiger charge is -2.30. The number of hydrogen-bond donors (Lipinski definition) is 1. The zero-order valence-electron chi connectivity index (χ0n) is 13.0. The molecule has 2 N–H and O–H groups in total. The number of fused-ring (bicyclic) bond motifs is 2. The van der Waals surface area contributed by atoms with E-state index in [-0.39, 0.29) is 36.8 Å². The van der Waals surface area contributed by atoms with Crippen LogP contribution in [0.25, 0.3) is 0 Å². The Kier molecular flexibility index (Phi) is 9.81. The third kappa shape index (κ3) is 4.96. The highest BCUT2D eigenvalue weighted by atomic mass is 35.5. The number of rotatable bonds is 5. The van der Waals surface area contributed by atoms with Crippen molar-refractivity contribution in [3.63, 3.8) is 0 Å². The predicted octanol–water partition coefficient (Wildman–Crippen LogP) is 1.28. The minimum Gasteiger partial charge on any atom is -0.380 e. The van der Waals surface area contributed by atoms with Crippen LogP contribution in [-0.2, 0) is 9.53 Å². The van der Waals surface area contributed by atoms with Crippen molar-refractivity contribution in [3.05, 3.63) is 0 Å². The van der Waals surface area contributed by atoms with E-state index in [0.29, 0.717) is 25.0 Å². The lowest BCUT2D eigenvalue weighted by atomic mass is 10.1. The zero-order valence-corrected chi connectivity index (χ0v) is 14.6. The molecule has 0 saturated carbocycles. The van der Waals surface area contributed by atoms with Crippen molar-refractivity contribution in [2.24, 2.45) is 5.73 Å². The van der Waals surface area contributed by atoms with Crippen LogP contribution in [-0.4, -0.2) is 67.2 Å². The molecule has 2 fully saturated rings. The molecule has 2 aliphatic heterocycles. The average molecular weight is 342 g/mol. The number of amides is 1. The van der Waals surface area contributed by atoms with Gasteiger partial charge in [-0.05, 0) is 25.8 Å². The van der Waals surface area contributed by atoms with Crippen molar-refractivity contribution in [1.29, 1.82) is 0 Å². The molecule has 0 aromatic heterocycles. The molecule has 1 amide bonds. The highest BCUT2D eigenvalue weighted by molar-refractivity contribution is 5.85. The largest absolute Gasteiger partial charge is 0.380 e. The van der Waals surface area contributed by atoms with Crippen LogP contribution in [0.4, 0.5) is 0 Å². The molecule has 3 unspecified atom stereocenters. The van der Waals surface area contributed by atoms with Crippen LogP contribution in [0.3, 0.4) is 0 Å². The van der Waals surface area contributed by atoms with Gasteiger partial charge in [-0.25, -0.2) is 0 Å². The summed E-state index contributed by atoms with van der Waals surface area (Å²) in [6.07, 6.45) is 3.70. The Morgan fingerprint density at radius 1 is 1.29 bits per heavy atom. The normalized spacial score (nSPS) is 26.5. The minimum absolute atomic E-state index is 0. The predicted molar refractivity (Wildman–Crippen MR) is 89.4 cm³/mol. The zero-order chi connectivity index (χ0) is 13.8. The number of nitrogens with zero attached hydrogens (tertiary/aromatic N) is 2. The second kappa shape index (κ2) is 9.85. The van der Waals surface area contributed by atoms with E-state index in [1.807, 2.05) is 0 Å². The summed E-state index contributed by atoms with van der Waals surface area (Å²) < 4.78 is 5.24. The second-order valence-electron chi connectivity index (χ2n) is 5.67. The van der Waals surface area contributed by atoms with Gasteiger partial charge >= 0.3 is 0 Å². The van der Waals surface area contributed by atoms with Crippen LogP contribution in [0, 0.1) is 0 Å². The van der Waals surface area contributed by atoms with E-state index in [4.69, 9.17) is 10.5 Å². The van der Waals surface area contributed by atoms with Gasteiger partial charge in [-0.15, -0.1) is 24.8 Å². The van der Waals surface area contributed by atoms with Crippen LogP contribution in [0.5, 0.6) is 0 Å². The second-order valence-corrected chi connectivity index (χ2v) is 5.67. The maximum atomic E-state index is 12.5. The molecule has 2 rings (SSSR count). The van der Waals surface area contributed by atoms with Gasteiger partial charge in [0.25, 0.3) is 0 Å². The summed E-state index contributed by atoms with van der Waals surface area (Å²) in [5.74, 6) is 0.225. The highest BCUT2D eigenvalue weighted by Crippen LogP contribution is 2.31. The standard InChI is InChI=1S/C14H27N3O2.2ClH/c1-3-16-7-6-11-4-5-12(10-16)17(11)14(18)8-13(9-15)19-2;;/h11-13H,3-10,15H2,1-2H3;2*1H. The Labute approximate surface area is 140 Å². The van der Waals surface area contributed by atoms with E-state index in [1.165, 1.54) is 0 Å². The Morgan fingerprint density at radius 3 is 2.52 bits per heavy atom. The molecule has 0 aromatic carbocycles. The summed E-state index contributed by atoms with van der Waals surface area (Å²) in [5.41, 5.74) is 5.62. The molecule has 0 spiro atoms. The molecule has 5 nitrogen and oxygen atoms in total. The van der Waals surface area contributed by atoms with E-state index >= 15 is 0 Å². The summed E-state index contributed by atoms with van der Waals surface area (Å²) in [4.78, 5) is 17.1. The number of ether oxygens (including phenoxy) is 1. The fourth-order valence-corrected chi connectivity index (χ4v) is 3.40. The van der Waals surface area contributed by atoms with Crippen molar-refractivity contribution < 1.29 is 9.53 Å². The molecule has 21 heavy (non-hydrogen) atoms. The molecule has 0 aliphatic carbocycles. The molecule has 3 atom stereocenters. The Balaban J connectivity index is 0.00000200.